The zero-order chi connectivity index (χ0) is 11.5. The van der Waals surface area contributed by atoms with E-state index in [-0.39, 0.29) is 6.04 Å². The molecule has 2 atom stereocenters. The van der Waals surface area contributed by atoms with Gasteiger partial charge in [0.1, 0.15) is 0 Å². The van der Waals surface area contributed by atoms with Gasteiger partial charge in [-0.3, -0.25) is 4.79 Å². The van der Waals surface area contributed by atoms with Gasteiger partial charge in [-0.1, -0.05) is 6.92 Å². The highest BCUT2D eigenvalue weighted by atomic mass is 32.2. The van der Waals surface area contributed by atoms with Crippen LogP contribution in [0.3, 0.4) is 0 Å². The SMILES string of the molecule is CCC(CSC)N1CCC(NC2CC2)C1=O. The van der Waals surface area contributed by atoms with Crippen molar-refractivity contribution in [2.75, 3.05) is 18.6 Å². The molecule has 0 radical (unpaired) electrons. The van der Waals surface area contributed by atoms with E-state index in [1.165, 1.54) is 12.8 Å². The van der Waals surface area contributed by atoms with Gasteiger partial charge in [0, 0.05) is 24.4 Å². The number of rotatable bonds is 6. The number of nitrogens with zero attached hydrogens (tertiary/aromatic N) is 1. The average Bonchev–Trinajstić information content (AvgIpc) is 3.03. The number of likely N-dealkylation sites (tertiary alicyclic amines) is 1. The largest absolute Gasteiger partial charge is 0.337 e. The Morgan fingerprint density at radius 1 is 1.50 bits per heavy atom. The van der Waals surface area contributed by atoms with E-state index in [2.05, 4.69) is 23.4 Å². The second kappa shape index (κ2) is 5.41. The van der Waals surface area contributed by atoms with Crippen LogP contribution >= 0.6 is 11.8 Å². The van der Waals surface area contributed by atoms with Crippen LogP contribution in [0.25, 0.3) is 0 Å². The highest BCUT2D eigenvalue weighted by Gasteiger charge is 2.37. The van der Waals surface area contributed by atoms with E-state index in [1.807, 2.05) is 11.8 Å². The van der Waals surface area contributed by atoms with Gasteiger partial charge in [-0.2, -0.15) is 11.8 Å². The summed E-state index contributed by atoms with van der Waals surface area (Å²) in [4.78, 5) is 14.3. The maximum atomic E-state index is 12.2. The lowest BCUT2D eigenvalue weighted by Gasteiger charge is -2.26. The molecule has 3 nitrogen and oxygen atoms in total. The number of hydrogen-bond acceptors (Lipinski definition) is 3. The minimum atomic E-state index is 0.114. The maximum Gasteiger partial charge on any atom is 0.240 e. The summed E-state index contributed by atoms with van der Waals surface area (Å²) in [5.41, 5.74) is 0. The molecule has 1 aliphatic heterocycles. The minimum Gasteiger partial charge on any atom is -0.337 e. The first-order valence-corrected chi connectivity index (χ1v) is 7.71. The lowest BCUT2D eigenvalue weighted by Crippen LogP contribution is -2.44. The molecule has 1 heterocycles. The zero-order valence-corrected chi connectivity index (χ0v) is 11.1. The van der Waals surface area contributed by atoms with Gasteiger partial charge in [0.2, 0.25) is 5.91 Å². The summed E-state index contributed by atoms with van der Waals surface area (Å²) in [5, 5.41) is 3.46. The number of thioether (sulfide) groups is 1. The smallest absolute Gasteiger partial charge is 0.240 e. The second-order valence-electron chi connectivity index (χ2n) is 4.83. The van der Waals surface area contributed by atoms with Gasteiger partial charge in [-0.15, -0.1) is 0 Å². The van der Waals surface area contributed by atoms with Gasteiger partial charge in [-0.05, 0) is 31.9 Å². The van der Waals surface area contributed by atoms with E-state index >= 15 is 0 Å². The predicted octanol–water partition coefficient (Wildman–Crippen LogP) is 1.48. The number of carbonyl (C=O) groups excluding carboxylic acids is 1. The molecular weight excluding hydrogens is 220 g/mol. The molecule has 2 unspecified atom stereocenters. The molecule has 2 aliphatic rings. The van der Waals surface area contributed by atoms with Crippen LogP contribution in [-0.4, -0.2) is 47.5 Å². The average molecular weight is 242 g/mol. The zero-order valence-electron chi connectivity index (χ0n) is 10.2. The molecule has 0 bridgehead atoms. The van der Waals surface area contributed by atoms with Crippen molar-refractivity contribution in [2.45, 2.75) is 50.7 Å². The van der Waals surface area contributed by atoms with Crippen LogP contribution in [0.1, 0.15) is 32.6 Å². The number of carbonyl (C=O) groups is 1. The summed E-state index contributed by atoms with van der Waals surface area (Å²) in [6.45, 7) is 3.12. The first-order valence-electron chi connectivity index (χ1n) is 6.31. The molecule has 16 heavy (non-hydrogen) atoms. The Hall–Kier alpha value is -0.220. The van der Waals surface area contributed by atoms with Gasteiger partial charge in [0.25, 0.3) is 0 Å². The lowest BCUT2D eigenvalue weighted by atomic mass is 10.2. The third-order valence-corrected chi connectivity index (χ3v) is 4.24. The quantitative estimate of drug-likeness (QED) is 0.766. The van der Waals surface area contributed by atoms with Crippen LogP contribution < -0.4 is 5.32 Å². The third-order valence-electron chi connectivity index (χ3n) is 3.53. The fourth-order valence-electron chi connectivity index (χ4n) is 2.37. The molecule has 0 aromatic carbocycles. The Morgan fingerprint density at radius 2 is 2.25 bits per heavy atom. The summed E-state index contributed by atoms with van der Waals surface area (Å²) in [6, 6.07) is 1.19. The van der Waals surface area contributed by atoms with Crippen molar-refractivity contribution in [2.24, 2.45) is 0 Å². The molecule has 2 fully saturated rings. The molecule has 1 saturated carbocycles. The minimum absolute atomic E-state index is 0.114. The van der Waals surface area contributed by atoms with Crippen molar-refractivity contribution in [3.8, 4) is 0 Å². The van der Waals surface area contributed by atoms with E-state index in [4.69, 9.17) is 0 Å². The second-order valence-corrected chi connectivity index (χ2v) is 5.74. The fraction of sp³-hybridized carbons (Fsp3) is 0.917. The van der Waals surface area contributed by atoms with E-state index < -0.39 is 0 Å². The van der Waals surface area contributed by atoms with Crippen LogP contribution in [-0.2, 0) is 4.79 Å². The first-order chi connectivity index (χ1) is 7.76. The standard InChI is InChI=1S/C12H22N2OS/c1-3-10(8-16-2)14-7-6-11(12(14)15)13-9-4-5-9/h9-11,13H,3-8H2,1-2H3. The van der Waals surface area contributed by atoms with Crippen LogP contribution in [0.15, 0.2) is 0 Å². The summed E-state index contributed by atoms with van der Waals surface area (Å²) in [5.74, 6) is 1.41. The fourth-order valence-corrected chi connectivity index (χ4v) is 3.17. The highest BCUT2D eigenvalue weighted by molar-refractivity contribution is 7.98. The van der Waals surface area contributed by atoms with Crippen molar-refractivity contribution in [1.82, 2.24) is 10.2 Å². The topological polar surface area (TPSA) is 32.3 Å². The molecule has 1 amide bonds. The van der Waals surface area contributed by atoms with E-state index in [1.54, 1.807) is 0 Å². The Morgan fingerprint density at radius 3 is 2.81 bits per heavy atom. The van der Waals surface area contributed by atoms with Gasteiger partial charge in [-0.25, -0.2) is 0 Å². The molecule has 92 valence electrons. The molecule has 1 N–H and O–H groups in total. The van der Waals surface area contributed by atoms with Crippen LogP contribution in [0.4, 0.5) is 0 Å². The lowest BCUT2D eigenvalue weighted by molar-refractivity contribution is -0.131. The van der Waals surface area contributed by atoms with Gasteiger partial charge < -0.3 is 10.2 Å². The van der Waals surface area contributed by atoms with E-state index in [0.29, 0.717) is 18.0 Å². The number of amides is 1. The summed E-state index contributed by atoms with van der Waals surface area (Å²) in [6.07, 6.45) is 6.70. The summed E-state index contributed by atoms with van der Waals surface area (Å²) in [7, 11) is 0. The van der Waals surface area contributed by atoms with Gasteiger partial charge in [0.05, 0.1) is 6.04 Å². The monoisotopic (exact) mass is 242 g/mol. The van der Waals surface area contributed by atoms with E-state index in [0.717, 1.165) is 25.1 Å². The Balaban J connectivity index is 1.88. The van der Waals surface area contributed by atoms with Gasteiger partial charge >= 0.3 is 0 Å². The number of hydrogen-bond donors (Lipinski definition) is 1. The highest BCUT2D eigenvalue weighted by Crippen LogP contribution is 2.24. The molecule has 0 spiro atoms. The maximum absolute atomic E-state index is 12.2. The number of nitrogens with one attached hydrogen (secondary N) is 1. The molecular formula is C12H22N2OS. The van der Waals surface area contributed by atoms with Crippen molar-refractivity contribution in [1.29, 1.82) is 0 Å². The van der Waals surface area contributed by atoms with Crippen LogP contribution in [0.2, 0.25) is 0 Å². The third kappa shape index (κ3) is 2.72. The molecule has 1 saturated heterocycles. The normalized spacial score (nSPS) is 27.5. The van der Waals surface area contributed by atoms with Gasteiger partial charge in [0.15, 0.2) is 0 Å². The Kier molecular flexibility index (Phi) is 4.14. The Labute approximate surface area is 102 Å². The first kappa shape index (κ1) is 12.2. The van der Waals surface area contributed by atoms with Crippen molar-refractivity contribution < 1.29 is 4.79 Å². The molecule has 4 heteroatoms. The summed E-state index contributed by atoms with van der Waals surface area (Å²) >= 11 is 1.84. The molecule has 1 aliphatic carbocycles. The van der Waals surface area contributed by atoms with E-state index in [9.17, 15) is 4.79 Å². The summed E-state index contributed by atoms with van der Waals surface area (Å²) < 4.78 is 0. The van der Waals surface area contributed by atoms with Crippen LogP contribution in [0.5, 0.6) is 0 Å². The van der Waals surface area contributed by atoms with Crippen LogP contribution in [0, 0.1) is 0 Å². The predicted molar refractivity (Wildman–Crippen MR) is 68.7 cm³/mol. The Bertz CT molecular complexity index is 255. The van der Waals surface area contributed by atoms with Crippen molar-refractivity contribution in [3.63, 3.8) is 0 Å². The van der Waals surface area contributed by atoms with Crippen molar-refractivity contribution >= 4 is 17.7 Å². The molecule has 0 aromatic rings. The van der Waals surface area contributed by atoms with Crippen molar-refractivity contribution in [3.05, 3.63) is 0 Å². The molecule has 0 aromatic heterocycles. The molecule has 2 rings (SSSR count).